The molecule has 2 rings (SSSR count). The van der Waals surface area contributed by atoms with Crippen molar-refractivity contribution < 1.29 is 23.3 Å². The van der Waals surface area contributed by atoms with Gasteiger partial charge in [-0.2, -0.15) is 0 Å². The molecule has 0 aliphatic heterocycles. The number of carbonyl (C=O) groups is 2. The molecule has 1 unspecified atom stereocenters. The Balaban J connectivity index is 1.76. The summed E-state index contributed by atoms with van der Waals surface area (Å²) in [7, 11) is 0. The van der Waals surface area contributed by atoms with Gasteiger partial charge in [0.2, 0.25) is 5.91 Å². The van der Waals surface area contributed by atoms with E-state index in [-0.39, 0.29) is 24.7 Å². The number of likely N-dealkylation sites (N-methyl/N-ethyl adjacent to an activating group) is 1. The zero-order chi connectivity index (χ0) is 18.2. The molecule has 0 saturated heterocycles. The largest absolute Gasteiger partial charge is 0.342 e. The molecule has 1 atom stereocenters. The summed E-state index contributed by atoms with van der Waals surface area (Å²) in [5, 5.41) is 6.93. The average Bonchev–Trinajstić information content (AvgIpc) is 3.09. The van der Waals surface area contributed by atoms with Crippen molar-refractivity contribution in [3.05, 3.63) is 52.2 Å². The number of halogens is 2. The van der Waals surface area contributed by atoms with Crippen LogP contribution in [0.5, 0.6) is 0 Å². The van der Waals surface area contributed by atoms with Crippen molar-refractivity contribution in [2.45, 2.75) is 13.5 Å². The molecule has 0 radical (unpaired) electrons. The maximum absolute atomic E-state index is 13.1. The van der Waals surface area contributed by atoms with Gasteiger partial charge < -0.3 is 15.5 Å². The summed E-state index contributed by atoms with van der Waals surface area (Å²) in [6, 6.07) is 7.06. The highest BCUT2D eigenvalue weighted by molar-refractivity contribution is 7.09. The fourth-order valence-corrected chi connectivity index (χ4v) is 3.00. The molecule has 3 N–H and O–H groups in total. The third-order valence-electron chi connectivity index (χ3n) is 3.56. The van der Waals surface area contributed by atoms with Gasteiger partial charge in [0.05, 0.1) is 18.0 Å². The lowest BCUT2D eigenvalue weighted by atomic mass is 10.3. The molecule has 2 aromatic rings. The van der Waals surface area contributed by atoms with E-state index in [0.29, 0.717) is 0 Å². The zero-order valence-electron chi connectivity index (χ0n) is 13.8. The predicted octanol–water partition coefficient (Wildman–Crippen LogP) is 1.19. The van der Waals surface area contributed by atoms with Crippen molar-refractivity contribution in [2.75, 3.05) is 25.0 Å². The van der Waals surface area contributed by atoms with E-state index in [9.17, 15) is 18.4 Å². The molecular weight excluding hydrogens is 348 g/mol. The lowest BCUT2D eigenvalue weighted by Crippen LogP contribution is -3.11. The van der Waals surface area contributed by atoms with Gasteiger partial charge in [0, 0.05) is 11.8 Å². The number of hydrogen-bond acceptors (Lipinski definition) is 3. The van der Waals surface area contributed by atoms with E-state index in [0.717, 1.165) is 30.1 Å². The second-order valence-corrected chi connectivity index (χ2v) is 6.52. The van der Waals surface area contributed by atoms with Crippen molar-refractivity contribution in [1.82, 2.24) is 5.32 Å². The fraction of sp³-hybridized carbons (Fsp3) is 0.294. The number of thiophene rings is 1. The van der Waals surface area contributed by atoms with Crippen molar-refractivity contribution >= 4 is 28.8 Å². The van der Waals surface area contributed by atoms with E-state index < -0.39 is 17.5 Å². The number of rotatable bonds is 8. The molecule has 0 saturated carbocycles. The Bertz CT molecular complexity index is 723. The van der Waals surface area contributed by atoms with Crippen LogP contribution in [-0.4, -0.2) is 31.4 Å². The Morgan fingerprint density at radius 2 is 1.96 bits per heavy atom. The van der Waals surface area contributed by atoms with E-state index in [4.69, 9.17) is 0 Å². The summed E-state index contributed by atoms with van der Waals surface area (Å²) in [6.07, 6.45) is 0. The average molecular weight is 368 g/mol. The molecule has 0 bridgehead atoms. The van der Waals surface area contributed by atoms with E-state index in [1.165, 1.54) is 10.9 Å². The van der Waals surface area contributed by atoms with Gasteiger partial charge in [0.25, 0.3) is 5.91 Å². The van der Waals surface area contributed by atoms with E-state index in [1.807, 2.05) is 24.4 Å². The Labute approximate surface area is 148 Å². The first kappa shape index (κ1) is 19.0. The lowest BCUT2D eigenvalue weighted by Gasteiger charge is -2.16. The predicted molar refractivity (Wildman–Crippen MR) is 92.4 cm³/mol. The summed E-state index contributed by atoms with van der Waals surface area (Å²) < 4.78 is 25.9. The Morgan fingerprint density at radius 1 is 1.16 bits per heavy atom. The van der Waals surface area contributed by atoms with Crippen molar-refractivity contribution in [3.8, 4) is 0 Å². The summed E-state index contributed by atoms with van der Waals surface area (Å²) in [5.74, 6) is -2.78. The first-order valence-corrected chi connectivity index (χ1v) is 8.73. The van der Waals surface area contributed by atoms with Crippen LogP contribution in [0.15, 0.2) is 35.7 Å². The maximum atomic E-state index is 13.1. The molecule has 25 heavy (non-hydrogen) atoms. The molecule has 5 nitrogen and oxygen atoms in total. The normalized spacial score (nSPS) is 11.8. The van der Waals surface area contributed by atoms with Crippen molar-refractivity contribution in [3.63, 3.8) is 0 Å². The van der Waals surface area contributed by atoms with Crippen LogP contribution < -0.4 is 15.5 Å². The molecule has 0 fully saturated rings. The van der Waals surface area contributed by atoms with Gasteiger partial charge in [-0.05, 0) is 30.5 Å². The molecule has 134 valence electrons. The first-order chi connectivity index (χ1) is 12.0. The van der Waals surface area contributed by atoms with Crippen molar-refractivity contribution in [1.29, 1.82) is 0 Å². The van der Waals surface area contributed by atoms with E-state index >= 15 is 0 Å². The van der Waals surface area contributed by atoms with Gasteiger partial charge in [-0.3, -0.25) is 9.59 Å². The molecule has 0 aliphatic rings. The van der Waals surface area contributed by atoms with Gasteiger partial charge in [-0.15, -0.1) is 11.3 Å². The van der Waals surface area contributed by atoms with E-state index in [2.05, 4.69) is 10.6 Å². The molecular formula is C17H20F2N3O2S+. The van der Waals surface area contributed by atoms with E-state index in [1.54, 1.807) is 11.3 Å². The third kappa shape index (κ3) is 6.24. The van der Waals surface area contributed by atoms with Crippen LogP contribution in [0.4, 0.5) is 14.5 Å². The van der Waals surface area contributed by atoms with Crippen LogP contribution in [0.1, 0.15) is 11.8 Å². The van der Waals surface area contributed by atoms with Crippen LogP contribution in [0.2, 0.25) is 0 Å². The number of benzene rings is 1. The Morgan fingerprint density at radius 3 is 2.60 bits per heavy atom. The third-order valence-corrected chi connectivity index (χ3v) is 4.44. The summed E-state index contributed by atoms with van der Waals surface area (Å²) in [6.45, 7) is 3.56. The van der Waals surface area contributed by atoms with Crippen LogP contribution in [0.3, 0.4) is 0 Å². The first-order valence-electron chi connectivity index (χ1n) is 7.85. The highest BCUT2D eigenvalue weighted by Gasteiger charge is 2.14. The van der Waals surface area contributed by atoms with Gasteiger partial charge in [-0.1, -0.05) is 6.07 Å². The molecule has 0 aliphatic carbocycles. The molecule has 1 aromatic carbocycles. The number of amides is 2. The van der Waals surface area contributed by atoms with Crippen molar-refractivity contribution in [2.24, 2.45) is 0 Å². The minimum absolute atomic E-state index is 0.136. The summed E-state index contributed by atoms with van der Waals surface area (Å²) >= 11 is 1.64. The number of hydrogen-bond donors (Lipinski definition) is 3. The topological polar surface area (TPSA) is 62.6 Å². The highest BCUT2D eigenvalue weighted by Crippen LogP contribution is 2.12. The fourth-order valence-electron chi connectivity index (χ4n) is 2.22. The number of anilines is 1. The quantitative estimate of drug-likeness (QED) is 0.655. The Hall–Kier alpha value is -2.32. The minimum atomic E-state index is -1.04. The second kappa shape index (κ2) is 9.24. The number of carbonyl (C=O) groups excluding carboxylic acids is 2. The zero-order valence-corrected chi connectivity index (χ0v) is 14.6. The van der Waals surface area contributed by atoms with Crippen LogP contribution in [0, 0.1) is 11.6 Å². The van der Waals surface area contributed by atoms with Gasteiger partial charge in [0.15, 0.2) is 18.2 Å². The Kier molecular flexibility index (Phi) is 7.03. The number of quaternary nitrogens is 1. The SMILES string of the molecule is CC[NH+](CC(=O)NCC(=O)Nc1ccc(F)c(F)c1)Cc1cccs1. The van der Waals surface area contributed by atoms with Crippen LogP contribution >= 0.6 is 11.3 Å². The molecule has 1 heterocycles. The smallest absolute Gasteiger partial charge is 0.275 e. The number of nitrogens with one attached hydrogen (secondary N) is 3. The lowest BCUT2D eigenvalue weighted by molar-refractivity contribution is -0.903. The summed E-state index contributed by atoms with van der Waals surface area (Å²) in [4.78, 5) is 26.0. The van der Waals surface area contributed by atoms with Crippen LogP contribution in [-0.2, 0) is 16.1 Å². The molecule has 1 aromatic heterocycles. The standard InChI is InChI=1S/C17H19F2N3O2S/c1-2-22(10-13-4-3-7-25-13)11-17(24)20-9-16(23)21-12-5-6-14(18)15(19)8-12/h3-8H,2,9-11H2,1H3,(H,20,24)(H,21,23)/p+1. The second-order valence-electron chi connectivity index (χ2n) is 5.49. The molecule has 2 amide bonds. The van der Waals surface area contributed by atoms with Gasteiger partial charge in [-0.25, -0.2) is 8.78 Å². The molecule has 0 spiro atoms. The van der Waals surface area contributed by atoms with Gasteiger partial charge in [0.1, 0.15) is 6.54 Å². The minimum Gasteiger partial charge on any atom is -0.342 e. The molecule has 8 heteroatoms. The van der Waals surface area contributed by atoms with Gasteiger partial charge >= 0.3 is 0 Å². The maximum Gasteiger partial charge on any atom is 0.275 e. The summed E-state index contributed by atoms with van der Waals surface area (Å²) in [5.41, 5.74) is 0.136. The van der Waals surface area contributed by atoms with Crippen LogP contribution in [0.25, 0.3) is 0 Å². The highest BCUT2D eigenvalue weighted by atomic mass is 32.1. The monoisotopic (exact) mass is 368 g/mol.